The molecule has 2 rings (SSSR count). The molecule has 1 heterocycles. The zero-order valence-corrected chi connectivity index (χ0v) is 12.8. The fraction of sp³-hybridized carbons (Fsp3) is 0.214. The number of aryl methyl sites for hydroxylation is 1. The molecule has 0 aliphatic heterocycles. The van der Waals surface area contributed by atoms with Gasteiger partial charge in [0.2, 0.25) is 0 Å². The Balaban J connectivity index is 1.73. The summed E-state index contributed by atoms with van der Waals surface area (Å²) in [6.07, 6.45) is 1.58. The van der Waals surface area contributed by atoms with E-state index in [4.69, 9.17) is 10.6 Å². The van der Waals surface area contributed by atoms with Crippen molar-refractivity contribution in [3.63, 3.8) is 0 Å². The predicted octanol–water partition coefficient (Wildman–Crippen LogP) is 3.93. The van der Waals surface area contributed by atoms with Gasteiger partial charge in [-0.1, -0.05) is 35.5 Å². The number of nitrogens with zero attached hydrogens (tertiary/aromatic N) is 1. The molecule has 0 aliphatic carbocycles. The van der Waals surface area contributed by atoms with Gasteiger partial charge < -0.3 is 10.6 Å². The standard InChI is InChI=1S/C14H15BrN2OS/c15-13-8-12(10-19-13)9-18-17-14(16)7-6-11-4-2-1-3-5-11/h1-5,8,10H,6-7,9H2,(H2,16,17). The van der Waals surface area contributed by atoms with Gasteiger partial charge in [-0.05, 0) is 39.4 Å². The number of halogens is 1. The van der Waals surface area contributed by atoms with Gasteiger partial charge in [-0.3, -0.25) is 0 Å². The Morgan fingerprint density at radius 3 is 2.74 bits per heavy atom. The van der Waals surface area contributed by atoms with Gasteiger partial charge in [-0.2, -0.15) is 0 Å². The van der Waals surface area contributed by atoms with Crippen molar-refractivity contribution in [2.24, 2.45) is 10.9 Å². The molecule has 0 bridgehead atoms. The number of hydrogen-bond acceptors (Lipinski definition) is 3. The van der Waals surface area contributed by atoms with Crippen LogP contribution in [0.5, 0.6) is 0 Å². The minimum Gasteiger partial charge on any atom is -0.389 e. The lowest BCUT2D eigenvalue weighted by molar-refractivity contribution is 0.130. The van der Waals surface area contributed by atoms with Crippen LogP contribution in [0.3, 0.4) is 0 Å². The molecular weight excluding hydrogens is 324 g/mol. The number of benzene rings is 1. The maximum absolute atomic E-state index is 5.81. The molecule has 0 radical (unpaired) electrons. The van der Waals surface area contributed by atoms with E-state index in [9.17, 15) is 0 Å². The molecule has 0 saturated carbocycles. The van der Waals surface area contributed by atoms with Gasteiger partial charge in [0.15, 0.2) is 0 Å². The highest BCUT2D eigenvalue weighted by molar-refractivity contribution is 9.11. The Morgan fingerprint density at radius 2 is 2.05 bits per heavy atom. The van der Waals surface area contributed by atoms with Crippen molar-refractivity contribution >= 4 is 33.1 Å². The Hall–Kier alpha value is -1.33. The summed E-state index contributed by atoms with van der Waals surface area (Å²) in [5.41, 5.74) is 8.16. The Bertz CT molecular complexity index is 539. The van der Waals surface area contributed by atoms with Crippen LogP contribution in [-0.4, -0.2) is 5.84 Å². The van der Waals surface area contributed by atoms with Crippen LogP contribution in [0.1, 0.15) is 17.5 Å². The van der Waals surface area contributed by atoms with Crippen LogP contribution in [0, 0.1) is 0 Å². The molecule has 1 aromatic heterocycles. The molecule has 0 fully saturated rings. The van der Waals surface area contributed by atoms with Gasteiger partial charge in [0.25, 0.3) is 0 Å². The first-order chi connectivity index (χ1) is 9.24. The minimum absolute atomic E-state index is 0.453. The lowest BCUT2D eigenvalue weighted by Gasteiger charge is -2.02. The molecule has 0 atom stereocenters. The van der Waals surface area contributed by atoms with E-state index in [2.05, 4.69) is 33.2 Å². The molecule has 0 amide bonds. The SMILES string of the molecule is N/C(CCc1ccccc1)=N\OCc1csc(Br)c1. The quantitative estimate of drug-likeness (QED) is 0.492. The third kappa shape index (κ3) is 5.04. The summed E-state index contributed by atoms with van der Waals surface area (Å²) in [5, 5.41) is 5.96. The summed E-state index contributed by atoms with van der Waals surface area (Å²) in [4.78, 5) is 5.23. The molecule has 0 unspecified atom stereocenters. The topological polar surface area (TPSA) is 47.6 Å². The van der Waals surface area contributed by atoms with E-state index in [1.54, 1.807) is 11.3 Å². The first kappa shape index (κ1) is 14.1. The second kappa shape index (κ2) is 7.31. The van der Waals surface area contributed by atoms with Crippen LogP contribution in [0.4, 0.5) is 0 Å². The number of nitrogens with two attached hydrogens (primary N) is 1. The molecule has 19 heavy (non-hydrogen) atoms. The van der Waals surface area contributed by atoms with Crippen molar-refractivity contribution in [1.29, 1.82) is 0 Å². The molecule has 100 valence electrons. The normalized spacial score (nSPS) is 11.5. The summed E-state index contributed by atoms with van der Waals surface area (Å²) in [5.74, 6) is 0.526. The average Bonchev–Trinajstić information content (AvgIpc) is 2.83. The predicted molar refractivity (Wildman–Crippen MR) is 83.2 cm³/mol. The van der Waals surface area contributed by atoms with E-state index < -0.39 is 0 Å². The number of oxime groups is 1. The van der Waals surface area contributed by atoms with Crippen LogP contribution in [0.25, 0.3) is 0 Å². The number of rotatable bonds is 6. The van der Waals surface area contributed by atoms with Crippen molar-refractivity contribution in [3.8, 4) is 0 Å². The smallest absolute Gasteiger partial charge is 0.143 e. The van der Waals surface area contributed by atoms with Crippen LogP contribution in [0.2, 0.25) is 0 Å². The van der Waals surface area contributed by atoms with Gasteiger partial charge in [-0.15, -0.1) is 11.3 Å². The maximum Gasteiger partial charge on any atom is 0.143 e. The second-order valence-corrected chi connectivity index (χ2v) is 6.39. The number of thiophene rings is 1. The Morgan fingerprint density at radius 1 is 1.26 bits per heavy atom. The Kier molecular flexibility index (Phi) is 5.42. The van der Waals surface area contributed by atoms with E-state index in [0.29, 0.717) is 18.9 Å². The fourth-order valence-electron chi connectivity index (χ4n) is 1.57. The summed E-state index contributed by atoms with van der Waals surface area (Å²) >= 11 is 5.03. The lowest BCUT2D eigenvalue weighted by Crippen LogP contribution is -2.13. The van der Waals surface area contributed by atoms with E-state index in [1.807, 2.05) is 29.6 Å². The van der Waals surface area contributed by atoms with Crippen LogP contribution in [-0.2, 0) is 17.9 Å². The summed E-state index contributed by atoms with van der Waals surface area (Å²) in [6, 6.07) is 12.2. The minimum atomic E-state index is 0.453. The Labute approximate surface area is 125 Å². The molecule has 0 aliphatic rings. The van der Waals surface area contributed by atoms with Crippen molar-refractivity contribution in [3.05, 3.63) is 56.7 Å². The summed E-state index contributed by atoms with van der Waals surface area (Å²) < 4.78 is 1.09. The first-order valence-electron chi connectivity index (χ1n) is 5.95. The summed E-state index contributed by atoms with van der Waals surface area (Å²) in [7, 11) is 0. The van der Waals surface area contributed by atoms with Crippen molar-refractivity contribution in [2.75, 3.05) is 0 Å². The highest BCUT2D eigenvalue weighted by atomic mass is 79.9. The monoisotopic (exact) mass is 338 g/mol. The van der Waals surface area contributed by atoms with Gasteiger partial charge in [0.05, 0.1) is 3.79 Å². The maximum atomic E-state index is 5.81. The van der Waals surface area contributed by atoms with Crippen molar-refractivity contribution in [2.45, 2.75) is 19.4 Å². The molecule has 0 spiro atoms. The molecule has 2 aromatic rings. The molecule has 5 heteroatoms. The number of hydrogen-bond donors (Lipinski definition) is 1. The molecular formula is C14H15BrN2OS. The van der Waals surface area contributed by atoms with Gasteiger partial charge >= 0.3 is 0 Å². The highest BCUT2D eigenvalue weighted by Gasteiger charge is 1.99. The fourth-order valence-corrected chi connectivity index (χ4v) is 2.77. The zero-order valence-electron chi connectivity index (χ0n) is 10.4. The van der Waals surface area contributed by atoms with Gasteiger partial charge in [0.1, 0.15) is 12.4 Å². The largest absolute Gasteiger partial charge is 0.389 e. The van der Waals surface area contributed by atoms with E-state index in [0.717, 1.165) is 15.8 Å². The molecule has 1 aromatic carbocycles. The van der Waals surface area contributed by atoms with E-state index in [-0.39, 0.29) is 0 Å². The van der Waals surface area contributed by atoms with Crippen LogP contribution < -0.4 is 5.73 Å². The number of amidine groups is 1. The van der Waals surface area contributed by atoms with E-state index in [1.165, 1.54) is 5.56 Å². The third-order valence-corrected chi connectivity index (χ3v) is 4.10. The zero-order chi connectivity index (χ0) is 13.5. The van der Waals surface area contributed by atoms with Gasteiger partial charge in [0, 0.05) is 12.0 Å². The molecule has 0 saturated heterocycles. The second-order valence-electron chi connectivity index (χ2n) is 4.10. The lowest BCUT2D eigenvalue weighted by atomic mass is 10.1. The van der Waals surface area contributed by atoms with Crippen molar-refractivity contribution in [1.82, 2.24) is 0 Å². The summed E-state index contributed by atoms with van der Waals surface area (Å²) in [6.45, 7) is 0.453. The van der Waals surface area contributed by atoms with Crippen LogP contribution >= 0.6 is 27.3 Å². The first-order valence-corrected chi connectivity index (χ1v) is 7.62. The third-order valence-electron chi connectivity index (χ3n) is 2.55. The van der Waals surface area contributed by atoms with E-state index >= 15 is 0 Å². The van der Waals surface area contributed by atoms with Gasteiger partial charge in [-0.25, -0.2) is 0 Å². The van der Waals surface area contributed by atoms with Crippen LogP contribution in [0.15, 0.2) is 50.7 Å². The van der Waals surface area contributed by atoms with Crippen molar-refractivity contribution < 1.29 is 4.84 Å². The molecule has 3 nitrogen and oxygen atoms in total. The highest BCUT2D eigenvalue weighted by Crippen LogP contribution is 2.21. The molecule has 2 N–H and O–H groups in total. The average molecular weight is 339 g/mol.